The summed E-state index contributed by atoms with van der Waals surface area (Å²) < 4.78 is 13.4. The Morgan fingerprint density at radius 3 is 2.75 bits per heavy atom. The highest BCUT2D eigenvalue weighted by atomic mass is 32.2. The van der Waals surface area contributed by atoms with E-state index in [9.17, 15) is 4.39 Å². The zero-order valence-corrected chi connectivity index (χ0v) is 12.8. The normalized spacial score (nSPS) is 10.8. The molecule has 2 rings (SSSR count). The molecule has 0 amide bonds. The van der Waals surface area contributed by atoms with Gasteiger partial charge in [0.1, 0.15) is 5.82 Å². The van der Waals surface area contributed by atoms with Crippen LogP contribution in [-0.2, 0) is 6.54 Å². The van der Waals surface area contributed by atoms with Gasteiger partial charge in [-0.25, -0.2) is 4.39 Å². The zero-order chi connectivity index (χ0) is 14.4. The number of hydrogen-bond acceptors (Lipinski definition) is 2. The predicted octanol–water partition coefficient (Wildman–Crippen LogP) is 4.78. The van der Waals surface area contributed by atoms with Crippen molar-refractivity contribution in [1.82, 2.24) is 5.32 Å². The molecule has 0 saturated heterocycles. The maximum Gasteiger partial charge on any atom is 0.123 e. The average molecular weight is 289 g/mol. The van der Waals surface area contributed by atoms with Gasteiger partial charge < -0.3 is 5.32 Å². The van der Waals surface area contributed by atoms with Crippen molar-refractivity contribution in [3.63, 3.8) is 0 Å². The Balaban J connectivity index is 2.17. The van der Waals surface area contributed by atoms with E-state index in [4.69, 9.17) is 0 Å². The molecule has 1 nitrogen and oxygen atoms in total. The van der Waals surface area contributed by atoms with Crippen molar-refractivity contribution < 1.29 is 4.39 Å². The fraction of sp³-hybridized carbons (Fsp3) is 0.294. The highest BCUT2D eigenvalue weighted by molar-refractivity contribution is 7.99. The van der Waals surface area contributed by atoms with Gasteiger partial charge in [-0.1, -0.05) is 36.4 Å². The van der Waals surface area contributed by atoms with Crippen molar-refractivity contribution in [2.45, 2.75) is 36.6 Å². The van der Waals surface area contributed by atoms with Crippen LogP contribution in [0.2, 0.25) is 0 Å². The highest BCUT2D eigenvalue weighted by Gasteiger charge is 2.06. The summed E-state index contributed by atoms with van der Waals surface area (Å²) in [6.45, 7) is 5.87. The Kier molecular flexibility index (Phi) is 5.62. The molecule has 1 N–H and O–H groups in total. The highest BCUT2D eigenvalue weighted by Crippen LogP contribution is 2.31. The maximum absolute atomic E-state index is 13.4. The van der Waals surface area contributed by atoms with E-state index in [0.717, 1.165) is 23.4 Å². The standard InChI is InChI=1S/C17H20FNS/c1-3-9-19-12-14-11-15(18)7-8-17(14)20-16-6-4-5-13(2)10-16/h4-8,10-11,19H,3,9,12H2,1-2H3. The molecule has 0 unspecified atom stereocenters. The maximum atomic E-state index is 13.4. The van der Waals surface area contributed by atoms with E-state index in [1.807, 2.05) is 6.07 Å². The first-order valence-electron chi connectivity index (χ1n) is 6.92. The van der Waals surface area contributed by atoms with Crippen LogP contribution in [0.15, 0.2) is 52.3 Å². The molecule has 106 valence electrons. The summed E-state index contributed by atoms with van der Waals surface area (Å²) in [5, 5.41) is 3.34. The van der Waals surface area contributed by atoms with Crippen LogP contribution in [0.25, 0.3) is 0 Å². The van der Waals surface area contributed by atoms with Crippen LogP contribution in [0.1, 0.15) is 24.5 Å². The molecule has 0 aromatic heterocycles. The third-order valence-corrected chi connectivity index (χ3v) is 4.09. The van der Waals surface area contributed by atoms with Gasteiger partial charge in [-0.2, -0.15) is 0 Å². The van der Waals surface area contributed by atoms with E-state index < -0.39 is 0 Å². The summed E-state index contributed by atoms with van der Waals surface area (Å²) in [6, 6.07) is 13.4. The van der Waals surface area contributed by atoms with Gasteiger partial charge in [-0.3, -0.25) is 0 Å². The topological polar surface area (TPSA) is 12.0 Å². The van der Waals surface area contributed by atoms with Crippen molar-refractivity contribution in [1.29, 1.82) is 0 Å². The van der Waals surface area contributed by atoms with Gasteiger partial charge in [0.25, 0.3) is 0 Å². The minimum Gasteiger partial charge on any atom is -0.313 e. The van der Waals surface area contributed by atoms with Crippen molar-refractivity contribution in [3.8, 4) is 0 Å². The molecule has 0 saturated carbocycles. The molecule has 20 heavy (non-hydrogen) atoms. The largest absolute Gasteiger partial charge is 0.313 e. The Bertz CT molecular complexity index is 569. The summed E-state index contributed by atoms with van der Waals surface area (Å²) in [5.41, 5.74) is 2.26. The molecular formula is C17H20FNS. The van der Waals surface area contributed by atoms with Crippen LogP contribution in [0.3, 0.4) is 0 Å². The molecule has 0 atom stereocenters. The molecule has 0 fully saturated rings. The van der Waals surface area contributed by atoms with Gasteiger partial charge in [-0.15, -0.1) is 0 Å². The molecule has 0 spiro atoms. The molecule has 2 aromatic carbocycles. The van der Waals surface area contributed by atoms with Crippen molar-refractivity contribution >= 4 is 11.8 Å². The van der Waals surface area contributed by atoms with E-state index in [1.54, 1.807) is 17.8 Å². The van der Waals surface area contributed by atoms with Gasteiger partial charge in [-0.05, 0) is 55.8 Å². The van der Waals surface area contributed by atoms with Crippen LogP contribution in [-0.4, -0.2) is 6.54 Å². The Morgan fingerprint density at radius 1 is 1.15 bits per heavy atom. The van der Waals surface area contributed by atoms with E-state index in [1.165, 1.54) is 16.5 Å². The fourth-order valence-electron chi connectivity index (χ4n) is 1.99. The summed E-state index contributed by atoms with van der Waals surface area (Å²) in [6.07, 6.45) is 1.08. The lowest BCUT2D eigenvalue weighted by molar-refractivity contribution is 0.615. The second-order valence-electron chi connectivity index (χ2n) is 4.85. The van der Waals surface area contributed by atoms with Crippen LogP contribution in [0.5, 0.6) is 0 Å². The van der Waals surface area contributed by atoms with Crippen LogP contribution >= 0.6 is 11.8 Å². The third-order valence-electron chi connectivity index (χ3n) is 2.98. The first-order valence-corrected chi connectivity index (χ1v) is 7.74. The second kappa shape index (κ2) is 7.46. The first kappa shape index (κ1) is 15.1. The number of benzene rings is 2. The molecule has 0 bridgehead atoms. The van der Waals surface area contributed by atoms with Crippen molar-refractivity contribution in [3.05, 3.63) is 59.4 Å². The summed E-state index contributed by atoms with van der Waals surface area (Å²) in [4.78, 5) is 2.30. The van der Waals surface area contributed by atoms with Crippen LogP contribution < -0.4 is 5.32 Å². The molecule has 2 aromatic rings. The lowest BCUT2D eigenvalue weighted by atomic mass is 10.2. The van der Waals surface area contributed by atoms with Gasteiger partial charge >= 0.3 is 0 Å². The minimum absolute atomic E-state index is 0.174. The van der Waals surface area contributed by atoms with Crippen molar-refractivity contribution in [2.75, 3.05) is 6.54 Å². The molecule has 0 aliphatic heterocycles. The number of hydrogen-bond donors (Lipinski definition) is 1. The SMILES string of the molecule is CCCNCc1cc(F)ccc1Sc1cccc(C)c1. The molecule has 0 heterocycles. The average Bonchev–Trinajstić information content (AvgIpc) is 2.42. The lowest BCUT2D eigenvalue weighted by Crippen LogP contribution is -2.14. The minimum atomic E-state index is -0.174. The second-order valence-corrected chi connectivity index (χ2v) is 5.96. The van der Waals surface area contributed by atoms with Gasteiger partial charge in [0.05, 0.1) is 0 Å². The monoisotopic (exact) mass is 289 g/mol. The molecule has 0 aliphatic rings. The predicted molar refractivity (Wildman–Crippen MR) is 83.7 cm³/mol. The van der Waals surface area contributed by atoms with Crippen LogP contribution in [0.4, 0.5) is 4.39 Å². The molecule has 0 aliphatic carbocycles. The Hall–Kier alpha value is -1.32. The third kappa shape index (κ3) is 4.36. The summed E-state index contributed by atoms with van der Waals surface area (Å²) >= 11 is 1.69. The number of aryl methyl sites for hydroxylation is 1. The van der Waals surface area contributed by atoms with Crippen molar-refractivity contribution in [2.24, 2.45) is 0 Å². The summed E-state index contributed by atoms with van der Waals surface area (Å²) in [7, 11) is 0. The molecular weight excluding hydrogens is 269 g/mol. The van der Waals surface area contributed by atoms with Crippen LogP contribution in [0, 0.1) is 12.7 Å². The number of halogens is 1. The zero-order valence-electron chi connectivity index (χ0n) is 11.9. The van der Waals surface area contributed by atoms with Gasteiger partial charge in [0, 0.05) is 16.3 Å². The summed E-state index contributed by atoms with van der Waals surface area (Å²) in [5.74, 6) is -0.174. The van der Waals surface area contributed by atoms with E-state index in [0.29, 0.717) is 6.54 Å². The smallest absolute Gasteiger partial charge is 0.123 e. The number of nitrogens with one attached hydrogen (secondary N) is 1. The molecule has 0 radical (unpaired) electrons. The first-order chi connectivity index (χ1) is 9.69. The Morgan fingerprint density at radius 2 is 2.00 bits per heavy atom. The van der Waals surface area contributed by atoms with E-state index in [2.05, 4.69) is 43.4 Å². The van der Waals surface area contributed by atoms with E-state index >= 15 is 0 Å². The number of rotatable bonds is 6. The fourth-order valence-corrected chi connectivity index (χ4v) is 3.04. The quantitative estimate of drug-likeness (QED) is 0.768. The lowest BCUT2D eigenvalue weighted by Gasteiger charge is -2.10. The van der Waals surface area contributed by atoms with E-state index in [-0.39, 0.29) is 5.82 Å². The van der Waals surface area contributed by atoms with Gasteiger partial charge in [0.2, 0.25) is 0 Å². The Labute approximate surface area is 124 Å². The van der Waals surface area contributed by atoms with Gasteiger partial charge in [0.15, 0.2) is 0 Å². The molecule has 3 heteroatoms.